The van der Waals surface area contributed by atoms with Crippen LogP contribution >= 0.6 is 0 Å². The molecule has 0 aromatic rings. The highest BCUT2D eigenvalue weighted by Crippen LogP contribution is 2.34. The molecule has 3 rings (SSSR count). The van der Waals surface area contributed by atoms with E-state index in [9.17, 15) is 0 Å². The van der Waals surface area contributed by atoms with Gasteiger partial charge in [-0.3, -0.25) is 0 Å². The van der Waals surface area contributed by atoms with E-state index in [1.807, 2.05) is 0 Å². The average molecular weight is 323 g/mol. The zero-order valence-corrected chi connectivity index (χ0v) is 14.5. The molecule has 6 heteroatoms. The van der Waals surface area contributed by atoms with E-state index < -0.39 is 0 Å². The molecule has 2 heterocycles. The van der Waals surface area contributed by atoms with Crippen LogP contribution in [0.5, 0.6) is 0 Å². The van der Waals surface area contributed by atoms with Crippen LogP contribution in [-0.4, -0.2) is 63.9 Å². The molecule has 130 valence electrons. The number of unbranched alkanes of at least 4 members (excludes halogenated alkanes) is 5. The summed E-state index contributed by atoms with van der Waals surface area (Å²) in [5.74, 6) is 0. The minimum atomic E-state index is 0.00921. The summed E-state index contributed by atoms with van der Waals surface area (Å²) in [6.07, 6.45) is 10.3. The van der Waals surface area contributed by atoms with E-state index in [4.69, 9.17) is 18.9 Å². The molecular formula is C17H30BNO4. The van der Waals surface area contributed by atoms with E-state index in [0.29, 0.717) is 20.2 Å². The molecule has 0 bridgehead atoms. The first-order valence-corrected chi connectivity index (χ1v) is 9.14. The van der Waals surface area contributed by atoms with Gasteiger partial charge in [-0.2, -0.15) is 0 Å². The molecule has 1 aliphatic carbocycles. The van der Waals surface area contributed by atoms with Crippen LogP contribution in [0.2, 0.25) is 0 Å². The van der Waals surface area contributed by atoms with E-state index in [-0.39, 0.29) is 24.4 Å². The number of nitrogens with zero attached hydrogens (tertiary/aromatic N) is 1. The molecule has 2 unspecified atom stereocenters. The van der Waals surface area contributed by atoms with Gasteiger partial charge in [-0.25, -0.2) is 0 Å². The van der Waals surface area contributed by atoms with Crippen molar-refractivity contribution < 1.29 is 18.9 Å². The molecule has 0 N–H and O–H groups in total. The predicted molar refractivity (Wildman–Crippen MR) is 90.8 cm³/mol. The maximum atomic E-state index is 5.87. The van der Waals surface area contributed by atoms with Crippen molar-refractivity contribution in [2.75, 3.05) is 26.7 Å². The molecule has 0 spiro atoms. The second kappa shape index (κ2) is 8.63. The Kier molecular flexibility index (Phi) is 6.54. The van der Waals surface area contributed by atoms with E-state index in [1.54, 1.807) is 0 Å². The van der Waals surface area contributed by atoms with Gasteiger partial charge < -0.3 is 23.8 Å². The average Bonchev–Trinajstić information content (AvgIpc) is 3.07. The molecule has 5 nitrogen and oxygen atoms in total. The Morgan fingerprint density at radius 2 is 1.83 bits per heavy atom. The highest BCUT2D eigenvalue weighted by atomic mass is 16.7. The second-order valence-corrected chi connectivity index (χ2v) is 6.91. The SMILES string of the molecule is BN(CCCCCCCC)[C@@H]1C=C2COCO[C@@H]2C2OCOC21. The van der Waals surface area contributed by atoms with Gasteiger partial charge >= 0.3 is 0 Å². The Balaban J connectivity index is 1.53. The summed E-state index contributed by atoms with van der Waals surface area (Å²) in [6, 6.07) is 0.259. The lowest BCUT2D eigenvalue weighted by Gasteiger charge is -2.42. The first-order chi connectivity index (χ1) is 11.3. The second-order valence-electron chi connectivity index (χ2n) is 6.91. The fourth-order valence-electron chi connectivity index (χ4n) is 3.84. The van der Waals surface area contributed by atoms with E-state index >= 15 is 0 Å². The lowest BCUT2D eigenvalue weighted by atomic mass is 9.85. The Labute approximate surface area is 140 Å². The number of rotatable bonds is 8. The van der Waals surface area contributed by atoms with Crippen molar-refractivity contribution in [1.29, 1.82) is 0 Å². The number of hydrogen-bond acceptors (Lipinski definition) is 5. The molecule has 2 fully saturated rings. The standard InChI is InChI=1S/C17H30BNO4/c1-2-3-4-5-6-7-8-19(18)14-9-13-10-20-11-21-15(13)17-16(14)22-12-23-17/h9,14-17H,2-8,10-12,18H2,1H3/t14-,15+,16?,17?/m1/s1. The van der Waals surface area contributed by atoms with Crippen LogP contribution in [0.4, 0.5) is 0 Å². The van der Waals surface area contributed by atoms with Crippen LogP contribution in [0, 0.1) is 0 Å². The first-order valence-electron chi connectivity index (χ1n) is 9.14. The quantitative estimate of drug-likeness (QED) is 0.386. The Morgan fingerprint density at radius 1 is 1.04 bits per heavy atom. The van der Waals surface area contributed by atoms with Crippen LogP contribution in [-0.2, 0) is 18.9 Å². The molecule has 0 aromatic carbocycles. The fourth-order valence-corrected chi connectivity index (χ4v) is 3.84. The molecule has 4 atom stereocenters. The predicted octanol–water partition coefficient (Wildman–Crippen LogP) is 1.62. The normalized spacial score (nSPS) is 33.4. The largest absolute Gasteiger partial charge is 0.351 e. The summed E-state index contributed by atoms with van der Waals surface area (Å²) in [4.78, 5) is 2.41. The molecular weight excluding hydrogens is 293 g/mol. The van der Waals surface area contributed by atoms with Gasteiger partial charge in [-0.15, -0.1) is 0 Å². The van der Waals surface area contributed by atoms with Crippen LogP contribution in [0.15, 0.2) is 11.6 Å². The van der Waals surface area contributed by atoms with Gasteiger partial charge in [0.2, 0.25) is 0 Å². The van der Waals surface area contributed by atoms with Crippen molar-refractivity contribution in [2.45, 2.75) is 69.8 Å². The maximum absolute atomic E-state index is 5.87. The van der Waals surface area contributed by atoms with Gasteiger partial charge in [0.25, 0.3) is 0 Å². The summed E-state index contributed by atoms with van der Waals surface area (Å²) < 4.78 is 22.9. The zero-order chi connectivity index (χ0) is 16.1. The smallest absolute Gasteiger partial charge is 0.186 e. The van der Waals surface area contributed by atoms with Crippen molar-refractivity contribution in [1.82, 2.24) is 4.81 Å². The monoisotopic (exact) mass is 323 g/mol. The van der Waals surface area contributed by atoms with Crippen molar-refractivity contribution in [3.63, 3.8) is 0 Å². The topological polar surface area (TPSA) is 40.2 Å². The van der Waals surface area contributed by atoms with E-state index in [2.05, 4.69) is 25.8 Å². The highest BCUT2D eigenvalue weighted by molar-refractivity contribution is 6.04. The minimum Gasteiger partial charge on any atom is -0.351 e. The van der Waals surface area contributed by atoms with Crippen molar-refractivity contribution in [3.8, 4) is 0 Å². The lowest BCUT2D eigenvalue weighted by molar-refractivity contribution is -0.149. The summed E-state index contributed by atoms with van der Waals surface area (Å²) in [5.41, 5.74) is 1.21. The lowest BCUT2D eigenvalue weighted by Crippen LogP contribution is -2.55. The van der Waals surface area contributed by atoms with Crippen LogP contribution in [0.25, 0.3) is 0 Å². The third-order valence-corrected chi connectivity index (χ3v) is 5.20. The third-order valence-electron chi connectivity index (χ3n) is 5.20. The van der Waals surface area contributed by atoms with Crippen LogP contribution in [0.3, 0.4) is 0 Å². The molecule has 0 radical (unpaired) electrons. The number of fused-ring (bicyclic) bond motifs is 3. The Hall–Kier alpha value is -0.395. The van der Waals surface area contributed by atoms with Gasteiger partial charge in [-0.05, 0) is 18.5 Å². The minimum absolute atomic E-state index is 0.00921. The molecule has 0 saturated carbocycles. The van der Waals surface area contributed by atoms with Crippen LogP contribution < -0.4 is 0 Å². The van der Waals surface area contributed by atoms with Crippen molar-refractivity contribution in [3.05, 3.63) is 11.6 Å². The van der Waals surface area contributed by atoms with Gasteiger partial charge in [0.1, 0.15) is 31.9 Å². The van der Waals surface area contributed by atoms with E-state index in [0.717, 1.165) is 6.54 Å². The maximum Gasteiger partial charge on any atom is 0.186 e. The van der Waals surface area contributed by atoms with E-state index in [1.165, 1.54) is 44.1 Å². The first kappa shape index (κ1) is 17.4. The zero-order valence-electron chi connectivity index (χ0n) is 14.5. The molecule has 0 aromatic heterocycles. The number of ether oxygens (including phenoxy) is 4. The van der Waals surface area contributed by atoms with Gasteiger partial charge in [-0.1, -0.05) is 45.1 Å². The summed E-state index contributed by atoms with van der Waals surface area (Å²) in [5, 5.41) is 0. The number of hydrogen-bond donors (Lipinski definition) is 0. The molecule has 3 aliphatic rings. The van der Waals surface area contributed by atoms with Gasteiger partial charge in [0.05, 0.1) is 6.61 Å². The highest BCUT2D eigenvalue weighted by Gasteiger charge is 2.47. The van der Waals surface area contributed by atoms with Crippen molar-refractivity contribution >= 4 is 7.98 Å². The Morgan fingerprint density at radius 3 is 2.70 bits per heavy atom. The summed E-state index contributed by atoms with van der Waals surface area (Å²) in [6.45, 7) is 4.74. The fraction of sp³-hybridized carbons (Fsp3) is 0.882. The third kappa shape index (κ3) is 4.17. The summed E-state index contributed by atoms with van der Waals surface area (Å²) in [7, 11) is 2.19. The van der Waals surface area contributed by atoms with Gasteiger partial charge in [0, 0.05) is 6.04 Å². The van der Waals surface area contributed by atoms with Gasteiger partial charge in [0.15, 0.2) is 7.98 Å². The molecule has 2 aliphatic heterocycles. The Bertz CT molecular complexity index is 406. The molecule has 0 amide bonds. The summed E-state index contributed by atoms with van der Waals surface area (Å²) >= 11 is 0. The van der Waals surface area contributed by atoms with Crippen LogP contribution in [0.1, 0.15) is 45.4 Å². The van der Waals surface area contributed by atoms with Crippen molar-refractivity contribution in [2.24, 2.45) is 0 Å². The molecule has 2 saturated heterocycles. The molecule has 23 heavy (non-hydrogen) atoms.